The van der Waals surface area contributed by atoms with Gasteiger partial charge in [0.2, 0.25) is 5.91 Å². The van der Waals surface area contributed by atoms with E-state index in [1.165, 1.54) is 18.3 Å². The van der Waals surface area contributed by atoms with Crippen LogP contribution in [0.5, 0.6) is 0 Å². The van der Waals surface area contributed by atoms with Crippen LogP contribution in [0, 0.1) is 0 Å². The summed E-state index contributed by atoms with van der Waals surface area (Å²) in [7, 11) is 0. The van der Waals surface area contributed by atoms with E-state index in [1.54, 1.807) is 18.3 Å². The molecule has 0 fully saturated rings. The second-order valence-electron chi connectivity index (χ2n) is 5.80. The van der Waals surface area contributed by atoms with Crippen molar-refractivity contribution in [1.29, 1.82) is 0 Å². The molecule has 1 unspecified atom stereocenters. The predicted molar refractivity (Wildman–Crippen MR) is 87.3 cm³/mol. The van der Waals surface area contributed by atoms with Crippen molar-refractivity contribution < 1.29 is 27.9 Å². The van der Waals surface area contributed by atoms with Gasteiger partial charge >= 0.3 is 12.1 Å². The molecule has 1 atom stereocenters. The number of rotatable bonds is 7. The number of carbonyl (C=O) groups excluding carboxylic acids is 1. The van der Waals surface area contributed by atoms with E-state index < -0.39 is 23.8 Å². The van der Waals surface area contributed by atoms with Gasteiger partial charge in [-0.3, -0.25) is 14.6 Å². The summed E-state index contributed by atoms with van der Waals surface area (Å²) in [5.41, 5.74) is 0.399. The summed E-state index contributed by atoms with van der Waals surface area (Å²) in [6.45, 7) is 0. The van der Waals surface area contributed by atoms with E-state index in [9.17, 15) is 22.8 Å². The summed E-state index contributed by atoms with van der Waals surface area (Å²) >= 11 is 0. The summed E-state index contributed by atoms with van der Waals surface area (Å²) in [6, 6.07) is 7.10. The number of alkyl halides is 3. The van der Waals surface area contributed by atoms with E-state index in [2.05, 4.69) is 10.3 Å². The third kappa shape index (κ3) is 6.19. The molecule has 0 saturated carbocycles. The number of carboxylic acid groups (broad SMARTS) is 1. The number of carboxylic acids is 1. The first kappa shape index (κ1) is 19.4. The van der Waals surface area contributed by atoms with Crippen LogP contribution in [0.3, 0.4) is 0 Å². The molecule has 2 N–H and O–H groups in total. The fourth-order valence-corrected chi connectivity index (χ4v) is 2.47. The molecule has 1 aromatic heterocycles. The minimum atomic E-state index is -4.43. The number of aromatic nitrogens is 1. The minimum Gasteiger partial charge on any atom is -0.481 e. The third-order valence-electron chi connectivity index (χ3n) is 3.64. The largest absolute Gasteiger partial charge is 0.481 e. The molecule has 0 radical (unpaired) electrons. The highest BCUT2D eigenvalue weighted by molar-refractivity contribution is 5.79. The van der Waals surface area contributed by atoms with Gasteiger partial charge in [-0.05, 0) is 35.7 Å². The maximum atomic E-state index is 12.6. The first-order valence-electron chi connectivity index (χ1n) is 7.80. The molecule has 0 aliphatic rings. The van der Waals surface area contributed by atoms with Crippen LogP contribution in [-0.4, -0.2) is 28.0 Å². The smallest absolute Gasteiger partial charge is 0.416 e. The van der Waals surface area contributed by atoms with Gasteiger partial charge in [0.25, 0.3) is 0 Å². The molecule has 26 heavy (non-hydrogen) atoms. The minimum absolute atomic E-state index is 0.0387. The van der Waals surface area contributed by atoms with Gasteiger partial charge in [-0.1, -0.05) is 18.2 Å². The standard InChI is InChI=1S/C18H17F3N2O3/c19-18(20,21)14-5-3-12(4-6-14)8-15(10-17(25)26)23-16(24)9-13-2-1-7-22-11-13/h1-7,11,15H,8-10H2,(H,23,24)(H,25,26). The zero-order chi connectivity index (χ0) is 19.2. The lowest BCUT2D eigenvalue weighted by atomic mass is 10.0. The Labute approximate surface area is 147 Å². The van der Waals surface area contributed by atoms with Crippen LogP contribution in [0.1, 0.15) is 23.1 Å². The van der Waals surface area contributed by atoms with Crippen molar-refractivity contribution in [3.8, 4) is 0 Å². The lowest BCUT2D eigenvalue weighted by Gasteiger charge is -2.17. The number of nitrogens with one attached hydrogen (secondary N) is 1. The molecule has 1 amide bonds. The van der Waals surface area contributed by atoms with Crippen molar-refractivity contribution in [1.82, 2.24) is 10.3 Å². The highest BCUT2D eigenvalue weighted by Crippen LogP contribution is 2.29. The van der Waals surface area contributed by atoms with Crippen molar-refractivity contribution in [3.05, 3.63) is 65.5 Å². The lowest BCUT2D eigenvalue weighted by Crippen LogP contribution is -2.39. The Bertz CT molecular complexity index is 747. The van der Waals surface area contributed by atoms with Crippen molar-refractivity contribution in [3.63, 3.8) is 0 Å². The SMILES string of the molecule is O=C(O)CC(Cc1ccc(C(F)(F)F)cc1)NC(=O)Cc1cccnc1. The first-order valence-corrected chi connectivity index (χ1v) is 7.80. The third-order valence-corrected chi connectivity index (χ3v) is 3.64. The molecule has 0 aliphatic heterocycles. The highest BCUT2D eigenvalue weighted by Gasteiger charge is 2.30. The Balaban J connectivity index is 2.02. The van der Waals surface area contributed by atoms with Gasteiger partial charge < -0.3 is 10.4 Å². The molecule has 1 heterocycles. The second kappa shape index (κ2) is 8.46. The van der Waals surface area contributed by atoms with Crippen LogP contribution < -0.4 is 5.32 Å². The van der Waals surface area contributed by atoms with Gasteiger partial charge in [0.15, 0.2) is 0 Å². The maximum Gasteiger partial charge on any atom is 0.416 e. The van der Waals surface area contributed by atoms with Crippen molar-refractivity contribution in [2.24, 2.45) is 0 Å². The van der Waals surface area contributed by atoms with Gasteiger partial charge in [0.1, 0.15) is 0 Å². The number of halogens is 3. The maximum absolute atomic E-state index is 12.6. The Kier molecular flexibility index (Phi) is 6.32. The van der Waals surface area contributed by atoms with E-state index >= 15 is 0 Å². The van der Waals surface area contributed by atoms with Gasteiger partial charge in [-0.25, -0.2) is 0 Å². The summed E-state index contributed by atoms with van der Waals surface area (Å²) in [4.78, 5) is 27.0. The molecule has 0 aliphatic carbocycles. The number of benzene rings is 1. The number of hydrogen-bond acceptors (Lipinski definition) is 3. The molecule has 0 bridgehead atoms. The van der Waals surface area contributed by atoms with Crippen LogP contribution >= 0.6 is 0 Å². The van der Waals surface area contributed by atoms with Gasteiger partial charge in [-0.15, -0.1) is 0 Å². The Morgan fingerprint density at radius 3 is 2.35 bits per heavy atom. The molecule has 8 heteroatoms. The lowest BCUT2D eigenvalue weighted by molar-refractivity contribution is -0.138. The van der Waals surface area contributed by atoms with E-state index in [0.29, 0.717) is 11.1 Å². The molecular formula is C18H17F3N2O3. The molecule has 0 spiro atoms. The second-order valence-corrected chi connectivity index (χ2v) is 5.80. The van der Waals surface area contributed by atoms with Gasteiger partial charge in [0, 0.05) is 18.4 Å². The van der Waals surface area contributed by atoms with Crippen LogP contribution in [-0.2, 0) is 28.6 Å². The van der Waals surface area contributed by atoms with Crippen molar-refractivity contribution >= 4 is 11.9 Å². The fraction of sp³-hybridized carbons (Fsp3) is 0.278. The van der Waals surface area contributed by atoms with Gasteiger partial charge in [0.05, 0.1) is 18.4 Å². The van der Waals surface area contributed by atoms with Crippen molar-refractivity contribution in [2.45, 2.75) is 31.5 Å². The number of hydrogen-bond donors (Lipinski definition) is 2. The molecule has 1 aromatic carbocycles. The zero-order valence-corrected chi connectivity index (χ0v) is 13.7. The average Bonchev–Trinajstić information content (AvgIpc) is 2.54. The van der Waals surface area contributed by atoms with Crippen LogP contribution in [0.2, 0.25) is 0 Å². The summed E-state index contributed by atoms with van der Waals surface area (Å²) in [5.74, 6) is -1.49. The van der Waals surface area contributed by atoms with Crippen LogP contribution in [0.4, 0.5) is 13.2 Å². The Morgan fingerprint density at radius 1 is 1.12 bits per heavy atom. The number of amides is 1. The summed E-state index contributed by atoms with van der Waals surface area (Å²) in [5, 5.41) is 11.6. The van der Waals surface area contributed by atoms with E-state index in [4.69, 9.17) is 5.11 Å². The predicted octanol–water partition coefficient (Wildman–Crippen LogP) is 2.85. The first-order chi connectivity index (χ1) is 12.2. The topological polar surface area (TPSA) is 79.3 Å². The highest BCUT2D eigenvalue weighted by atomic mass is 19.4. The Morgan fingerprint density at radius 2 is 1.81 bits per heavy atom. The molecule has 5 nitrogen and oxygen atoms in total. The normalized spacial score (nSPS) is 12.4. The number of aliphatic carboxylic acids is 1. The number of nitrogens with zero attached hydrogens (tertiary/aromatic N) is 1. The molecule has 2 aromatic rings. The monoisotopic (exact) mass is 366 g/mol. The molecular weight excluding hydrogens is 349 g/mol. The Hall–Kier alpha value is -2.90. The average molecular weight is 366 g/mol. The van der Waals surface area contributed by atoms with Crippen LogP contribution in [0.25, 0.3) is 0 Å². The molecule has 2 rings (SSSR count). The number of pyridine rings is 1. The fourth-order valence-electron chi connectivity index (χ4n) is 2.47. The summed E-state index contributed by atoms with van der Waals surface area (Å²) in [6.07, 6.45) is -1.52. The van der Waals surface area contributed by atoms with Crippen LogP contribution in [0.15, 0.2) is 48.8 Å². The quantitative estimate of drug-likeness (QED) is 0.790. The number of carbonyl (C=O) groups is 2. The van der Waals surface area contributed by atoms with E-state index in [0.717, 1.165) is 12.1 Å². The molecule has 0 saturated heterocycles. The molecule has 138 valence electrons. The van der Waals surface area contributed by atoms with E-state index in [1.807, 2.05) is 0 Å². The zero-order valence-electron chi connectivity index (χ0n) is 13.7. The summed E-state index contributed by atoms with van der Waals surface area (Å²) < 4.78 is 37.8. The van der Waals surface area contributed by atoms with Crippen molar-refractivity contribution in [2.75, 3.05) is 0 Å². The van der Waals surface area contributed by atoms with Gasteiger partial charge in [-0.2, -0.15) is 13.2 Å². The van der Waals surface area contributed by atoms with E-state index in [-0.39, 0.29) is 25.2 Å².